The molecule has 1 saturated carbocycles. The summed E-state index contributed by atoms with van der Waals surface area (Å²) in [7, 11) is 5.36. The zero-order valence-corrected chi connectivity index (χ0v) is 24.1. The van der Waals surface area contributed by atoms with E-state index in [2.05, 4.69) is 25.8 Å². The van der Waals surface area contributed by atoms with E-state index in [1.54, 1.807) is 14.1 Å². The van der Waals surface area contributed by atoms with Gasteiger partial charge in [-0.15, -0.1) is 23.7 Å². The van der Waals surface area contributed by atoms with E-state index in [1.165, 1.54) is 28.4 Å². The lowest BCUT2D eigenvalue weighted by molar-refractivity contribution is -0.137. The second kappa shape index (κ2) is 13.0. The van der Waals surface area contributed by atoms with Crippen molar-refractivity contribution in [3.05, 3.63) is 44.6 Å². The first-order valence-corrected chi connectivity index (χ1v) is 13.5. The largest absolute Gasteiger partial charge is 0.349 e. The number of hydrogen-bond donors (Lipinski definition) is 3. The van der Waals surface area contributed by atoms with Crippen molar-refractivity contribution in [3.8, 4) is 0 Å². The first-order valence-electron chi connectivity index (χ1n) is 12.3. The number of rotatable bonds is 5. The summed E-state index contributed by atoms with van der Waals surface area (Å²) < 4.78 is 13.7. The standard InChI is InChI=1S/C25H30ClFN6O4S.ClH/c1-32(2)25(37)13-4-7-17(29-22(35)21(34)28-14-5-6-15(26)16(27)11-14)19(10-13)30-23(36)24-31-18-8-9-33(3)12-20(18)38-24;/h5-6,11,13,17,19H,4,7-10,12H2,1-3H3,(H,28,34)(H,29,35)(H,30,36);1H/t13-,17-,19+;/m0./s1. The Morgan fingerprint density at radius 3 is 2.56 bits per heavy atom. The summed E-state index contributed by atoms with van der Waals surface area (Å²) in [6, 6.07) is 2.47. The number of thiazole rings is 1. The van der Waals surface area contributed by atoms with Crippen LogP contribution in [0.1, 0.15) is 39.6 Å². The number of amides is 4. The lowest BCUT2D eigenvalue weighted by Gasteiger charge is -2.37. The van der Waals surface area contributed by atoms with Crippen molar-refractivity contribution in [2.75, 3.05) is 33.0 Å². The number of hydrogen-bond acceptors (Lipinski definition) is 7. The molecule has 1 aliphatic heterocycles. The highest BCUT2D eigenvalue weighted by molar-refractivity contribution is 7.13. The molecule has 0 spiro atoms. The molecule has 1 aromatic heterocycles. The Bertz CT molecular complexity index is 1260. The molecule has 0 saturated heterocycles. The third kappa shape index (κ3) is 7.44. The Balaban J connectivity index is 0.00000420. The first kappa shape index (κ1) is 30.7. The summed E-state index contributed by atoms with van der Waals surface area (Å²) in [6.07, 6.45) is 1.93. The van der Waals surface area contributed by atoms with Crippen molar-refractivity contribution in [3.63, 3.8) is 0 Å². The number of anilines is 1. The van der Waals surface area contributed by atoms with Gasteiger partial charge in [0.1, 0.15) is 5.82 Å². The summed E-state index contributed by atoms with van der Waals surface area (Å²) in [6.45, 7) is 1.60. The highest BCUT2D eigenvalue weighted by Gasteiger charge is 2.37. The molecule has 2 aromatic rings. The minimum Gasteiger partial charge on any atom is -0.349 e. The van der Waals surface area contributed by atoms with Crippen LogP contribution in [0.25, 0.3) is 0 Å². The van der Waals surface area contributed by atoms with Crippen LogP contribution < -0.4 is 16.0 Å². The highest BCUT2D eigenvalue weighted by atomic mass is 35.5. The number of fused-ring (bicyclic) bond motifs is 1. The second-order valence-corrected chi connectivity index (χ2v) is 11.4. The smallest absolute Gasteiger partial charge is 0.313 e. The van der Waals surface area contributed by atoms with Gasteiger partial charge >= 0.3 is 11.8 Å². The molecular formula is C25H31Cl2FN6O4S. The maximum absolute atomic E-state index is 13.7. The lowest BCUT2D eigenvalue weighted by Crippen LogP contribution is -2.57. The number of benzene rings is 1. The van der Waals surface area contributed by atoms with Crippen molar-refractivity contribution in [1.29, 1.82) is 0 Å². The topological polar surface area (TPSA) is 124 Å². The molecule has 3 N–H and O–H groups in total. The van der Waals surface area contributed by atoms with Gasteiger partial charge in [0, 0.05) is 56.1 Å². The summed E-state index contributed by atoms with van der Waals surface area (Å²) in [5.74, 6) is -3.44. The Labute approximate surface area is 241 Å². The van der Waals surface area contributed by atoms with Gasteiger partial charge in [-0.3, -0.25) is 19.2 Å². The molecule has 3 atom stereocenters. The van der Waals surface area contributed by atoms with Crippen LogP contribution >= 0.6 is 35.3 Å². The molecule has 2 aliphatic rings. The monoisotopic (exact) mass is 600 g/mol. The Hall–Kier alpha value is -2.80. The van der Waals surface area contributed by atoms with Crippen LogP contribution in [0, 0.1) is 11.7 Å². The summed E-state index contributed by atoms with van der Waals surface area (Å²) in [4.78, 5) is 60.3. The molecular weight excluding hydrogens is 570 g/mol. The SMILES string of the molecule is CN1CCc2nc(C(=O)N[C@@H]3C[C@@H](C(=O)N(C)C)CC[C@@H]3NC(=O)C(=O)Nc3ccc(Cl)c(F)c3)sc2C1.Cl. The van der Waals surface area contributed by atoms with Crippen molar-refractivity contribution in [2.45, 2.75) is 44.3 Å². The molecule has 1 aliphatic carbocycles. The van der Waals surface area contributed by atoms with E-state index in [0.29, 0.717) is 24.3 Å². The summed E-state index contributed by atoms with van der Waals surface area (Å²) >= 11 is 7.01. The summed E-state index contributed by atoms with van der Waals surface area (Å²) in [5, 5.41) is 8.20. The van der Waals surface area contributed by atoms with E-state index in [4.69, 9.17) is 11.6 Å². The number of likely N-dealkylation sites (N-methyl/N-ethyl adjacent to an activating group) is 1. The number of nitrogens with one attached hydrogen (secondary N) is 3. The van der Waals surface area contributed by atoms with E-state index in [1.807, 2.05) is 7.05 Å². The van der Waals surface area contributed by atoms with Crippen LogP contribution in [0.3, 0.4) is 0 Å². The van der Waals surface area contributed by atoms with Gasteiger partial charge in [0.25, 0.3) is 5.91 Å². The van der Waals surface area contributed by atoms with Crippen molar-refractivity contribution in [1.82, 2.24) is 25.4 Å². The fraction of sp³-hybridized carbons (Fsp3) is 0.480. The van der Waals surface area contributed by atoms with E-state index in [0.717, 1.165) is 36.1 Å². The normalized spacial score (nSPS) is 20.7. The zero-order chi connectivity index (χ0) is 27.6. The molecule has 10 nitrogen and oxygen atoms in total. The summed E-state index contributed by atoms with van der Waals surface area (Å²) in [5.41, 5.74) is 0.998. The van der Waals surface area contributed by atoms with Crippen molar-refractivity contribution >= 4 is 64.7 Å². The Morgan fingerprint density at radius 2 is 1.87 bits per heavy atom. The Morgan fingerprint density at radius 1 is 1.13 bits per heavy atom. The molecule has 4 rings (SSSR count). The lowest BCUT2D eigenvalue weighted by atomic mass is 9.81. The maximum Gasteiger partial charge on any atom is 0.313 e. The fourth-order valence-corrected chi connectivity index (χ4v) is 5.95. The van der Waals surface area contributed by atoms with Gasteiger partial charge in [0.2, 0.25) is 5.91 Å². The van der Waals surface area contributed by atoms with Gasteiger partial charge in [-0.05, 0) is 44.5 Å². The zero-order valence-electron chi connectivity index (χ0n) is 21.8. The number of carbonyl (C=O) groups excluding carboxylic acids is 4. The van der Waals surface area contributed by atoms with Crippen LogP contribution in [-0.2, 0) is 27.3 Å². The minimum atomic E-state index is -0.986. The van der Waals surface area contributed by atoms with Crippen LogP contribution in [0.4, 0.5) is 10.1 Å². The van der Waals surface area contributed by atoms with E-state index < -0.39 is 29.7 Å². The molecule has 2 heterocycles. The van der Waals surface area contributed by atoms with Crippen LogP contribution in [0.5, 0.6) is 0 Å². The van der Waals surface area contributed by atoms with E-state index in [-0.39, 0.29) is 40.8 Å². The molecule has 0 radical (unpaired) electrons. The average molecular weight is 602 g/mol. The average Bonchev–Trinajstić information content (AvgIpc) is 3.30. The number of halogens is 3. The molecule has 4 amide bonds. The quantitative estimate of drug-likeness (QED) is 0.453. The Kier molecular flexibility index (Phi) is 10.3. The highest BCUT2D eigenvalue weighted by Crippen LogP contribution is 2.28. The van der Waals surface area contributed by atoms with Crippen molar-refractivity contribution < 1.29 is 23.6 Å². The first-order chi connectivity index (χ1) is 18.0. The minimum absolute atomic E-state index is 0. The molecule has 0 bridgehead atoms. The molecule has 14 heteroatoms. The molecule has 1 fully saturated rings. The van der Waals surface area contributed by atoms with Gasteiger partial charge in [-0.2, -0.15) is 0 Å². The van der Waals surface area contributed by atoms with Gasteiger partial charge in [-0.1, -0.05) is 11.6 Å². The van der Waals surface area contributed by atoms with Crippen molar-refractivity contribution in [2.24, 2.45) is 5.92 Å². The molecule has 1 aromatic carbocycles. The van der Waals surface area contributed by atoms with Gasteiger partial charge in [0.15, 0.2) is 5.01 Å². The number of aromatic nitrogens is 1. The fourth-order valence-electron chi connectivity index (χ4n) is 4.74. The van der Waals surface area contributed by atoms with Gasteiger partial charge in [-0.25, -0.2) is 9.37 Å². The van der Waals surface area contributed by atoms with Crippen LogP contribution in [-0.4, -0.2) is 78.2 Å². The predicted molar refractivity (Wildman–Crippen MR) is 149 cm³/mol. The van der Waals surface area contributed by atoms with Crippen LogP contribution in [0.15, 0.2) is 18.2 Å². The van der Waals surface area contributed by atoms with Gasteiger partial charge in [0.05, 0.1) is 16.8 Å². The number of nitrogens with zero attached hydrogens (tertiary/aromatic N) is 3. The molecule has 39 heavy (non-hydrogen) atoms. The molecule has 0 unspecified atom stereocenters. The molecule has 212 valence electrons. The van der Waals surface area contributed by atoms with E-state index in [9.17, 15) is 23.6 Å². The second-order valence-electron chi connectivity index (χ2n) is 9.86. The third-order valence-corrected chi connectivity index (χ3v) is 8.16. The third-order valence-electron chi connectivity index (χ3n) is 6.77. The maximum atomic E-state index is 13.7. The van der Waals surface area contributed by atoms with E-state index >= 15 is 0 Å². The van der Waals surface area contributed by atoms with Crippen LogP contribution in [0.2, 0.25) is 5.02 Å². The van der Waals surface area contributed by atoms with Gasteiger partial charge < -0.3 is 25.8 Å². The number of carbonyl (C=O) groups is 4. The predicted octanol–water partition coefficient (Wildman–Crippen LogP) is 2.46.